The Labute approximate surface area is 118 Å². The summed E-state index contributed by atoms with van der Waals surface area (Å²) in [5.41, 5.74) is 2.26. The van der Waals surface area contributed by atoms with E-state index in [9.17, 15) is 0 Å². The highest BCUT2D eigenvalue weighted by Gasteiger charge is 2.05. The molecule has 0 unspecified atom stereocenters. The molecule has 0 saturated heterocycles. The summed E-state index contributed by atoms with van der Waals surface area (Å²) in [5.74, 6) is 1.65. The SMILES string of the molecule is Cc1nc(CNCc2cccc3ccccc23)oc1C. The molecule has 3 rings (SSSR count). The third-order valence-electron chi connectivity index (χ3n) is 3.54. The molecule has 0 bridgehead atoms. The molecule has 1 heterocycles. The maximum atomic E-state index is 5.57. The molecule has 0 aliphatic carbocycles. The Bertz CT molecular complexity index is 706. The lowest BCUT2D eigenvalue weighted by Gasteiger charge is -2.07. The molecule has 0 radical (unpaired) electrons. The van der Waals surface area contributed by atoms with Gasteiger partial charge in [-0.3, -0.25) is 0 Å². The highest BCUT2D eigenvalue weighted by molar-refractivity contribution is 5.85. The van der Waals surface area contributed by atoms with Crippen molar-refractivity contribution < 1.29 is 4.42 Å². The highest BCUT2D eigenvalue weighted by Crippen LogP contribution is 2.18. The average Bonchev–Trinajstić information content (AvgIpc) is 2.78. The van der Waals surface area contributed by atoms with E-state index >= 15 is 0 Å². The van der Waals surface area contributed by atoms with Gasteiger partial charge in [0.25, 0.3) is 0 Å². The van der Waals surface area contributed by atoms with Gasteiger partial charge in [-0.05, 0) is 30.2 Å². The van der Waals surface area contributed by atoms with E-state index in [0.717, 1.165) is 23.9 Å². The first kappa shape index (κ1) is 12.9. The van der Waals surface area contributed by atoms with Crippen molar-refractivity contribution in [3.05, 3.63) is 65.4 Å². The summed E-state index contributed by atoms with van der Waals surface area (Å²) < 4.78 is 5.57. The Kier molecular flexibility index (Phi) is 3.52. The molecule has 3 aromatic rings. The fourth-order valence-electron chi connectivity index (χ4n) is 2.37. The van der Waals surface area contributed by atoms with Crippen LogP contribution in [0, 0.1) is 13.8 Å². The Morgan fingerprint density at radius 3 is 2.60 bits per heavy atom. The van der Waals surface area contributed by atoms with Crippen LogP contribution < -0.4 is 5.32 Å². The Balaban J connectivity index is 1.71. The molecule has 3 nitrogen and oxygen atoms in total. The predicted molar refractivity (Wildman–Crippen MR) is 80.5 cm³/mol. The summed E-state index contributed by atoms with van der Waals surface area (Å²) in [7, 11) is 0. The number of nitrogens with one attached hydrogen (secondary N) is 1. The molecule has 20 heavy (non-hydrogen) atoms. The van der Waals surface area contributed by atoms with Gasteiger partial charge in [0.05, 0.1) is 12.2 Å². The van der Waals surface area contributed by atoms with Crippen LogP contribution in [0.3, 0.4) is 0 Å². The van der Waals surface area contributed by atoms with E-state index < -0.39 is 0 Å². The van der Waals surface area contributed by atoms with E-state index in [1.54, 1.807) is 0 Å². The van der Waals surface area contributed by atoms with Crippen molar-refractivity contribution in [1.82, 2.24) is 10.3 Å². The van der Waals surface area contributed by atoms with E-state index in [4.69, 9.17) is 4.42 Å². The molecule has 0 atom stereocenters. The van der Waals surface area contributed by atoms with Crippen molar-refractivity contribution in [1.29, 1.82) is 0 Å². The molecule has 102 valence electrons. The number of aromatic nitrogens is 1. The molecule has 2 aromatic carbocycles. The fourth-order valence-corrected chi connectivity index (χ4v) is 2.37. The molecule has 0 amide bonds. The third kappa shape index (κ3) is 2.58. The molecule has 0 aliphatic heterocycles. The zero-order valence-corrected chi connectivity index (χ0v) is 11.8. The third-order valence-corrected chi connectivity index (χ3v) is 3.54. The molecule has 1 aromatic heterocycles. The van der Waals surface area contributed by atoms with Crippen LogP contribution in [-0.2, 0) is 13.1 Å². The number of nitrogens with zero attached hydrogens (tertiary/aromatic N) is 1. The molecular formula is C17H18N2O. The van der Waals surface area contributed by atoms with Crippen molar-refractivity contribution in [2.45, 2.75) is 26.9 Å². The van der Waals surface area contributed by atoms with E-state index in [-0.39, 0.29) is 0 Å². The molecule has 0 aliphatic rings. The van der Waals surface area contributed by atoms with Gasteiger partial charge in [0.1, 0.15) is 5.76 Å². The van der Waals surface area contributed by atoms with E-state index in [0.29, 0.717) is 6.54 Å². The van der Waals surface area contributed by atoms with Gasteiger partial charge in [0.15, 0.2) is 0 Å². The van der Waals surface area contributed by atoms with Gasteiger partial charge in [-0.2, -0.15) is 0 Å². The van der Waals surface area contributed by atoms with E-state index in [1.165, 1.54) is 16.3 Å². The summed E-state index contributed by atoms with van der Waals surface area (Å²) in [6, 6.07) is 14.8. The van der Waals surface area contributed by atoms with Crippen molar-refractivity contribution >= 4 is 10.8 Å². The van der Waals surface area contributed by atoms with E-state index in [2.05, 4.69) is 52.8 Å². The number of hydrogen-bond donors (Lipinski definition) is 1. The van der Waals surface area contributed by atoms with Gasteiger partial charge in [-0.25, -0.2) is 4.98 Å². The van der Waals surface area contributed by atoms with Crippen LogP contribution >= 0.6 is 0 Å². The largest absolute Gasteiger partial charge is 0.444 e. The summed E-state index contributed by atoms with van der Waals surface area (Å²) in [6.45, 7) is 5.36. The summed E-state index contributed by atoms with van der Waals surface area (Å²) in [6.07, 6.45) is 0. The van der Waals surface area contributed by atoms with Gasteiger partial charge in [-0.15, -0.1) is 0 Å². The van der Waals surface area contributed by atoms with Crippen LogP contribution in [0.1, 0.15) is 22.9 Å². The molecular weight excluding hydrogens is 248 g/mol. The lowest BCUT2D eigenvalue weighted by Crippen LogP contribution is -2.13. The first-order valence-electron chi connectivity index (χ1n) is 6.84. The molecule has 0 fully saturated rings. The first-order valence-corrected chi connectivity index (χ1v) is 6.84. The van der Waals surface area contributed by atoms with Crippen molar-refractivity contribution in [3.63, 3.8) is 0 Å². The lowest BCUT2D eigenvalue weighted by atomic mass is 10.0. The molecule has 3 heteroatoms. The zero-order chi connectivity index (χ0) is 13.9. The van der Waals surface area contributed by atoms with Crippen LogP contribution in [0.25, 0.3) is 10.8 Å². The Morgan fingerprint density at radius 1 is 1.00 bits per heavy atom. The van der Waals surface area contributed by atoms with Crippen LogP contribution in [0.4, 0.5) is 0 Å². The minimum Gasteiger partial charge on any atom is -0.444 e. The van der Waals surface area contributed by atoms with Crippen molar-refractivity contribution in [3.8, 4) is 0 Å². The highest BCUT2D eigenvalue weighted by atomic mass is 16.4. The van der Waals surface area contributed by atoms with Gasteiger partial charge >= 0.3 is 0 Å². The maximum Gasteiger partial charge on any atom is 0.208 e. The first-order chi connectivity index (χ1) is 9.74. The molecule has 0 spiro atoms. The number of fused-ring (bicyclic) bond motifs is 1. The number of oxazole rings is 1. The van der Waals surface area contributed by atoms with Crippen molar-refractivity contribution in [2.24, 2.45) is 0 Å². The standard InChI is InChI=1S/C17H18N2O/c1-12-13(2)20-17(19-12)11-18-10-15-8-5-7-14-6-3-4-9-16(14)15/h3-9,18H,10-11H2,1-2H3. The van der Waals surface area contributed by atoms with Crippen LogP contribution in [0.15, 0.2) is 46.9 Å². The van der Waals surface area contributed by atoms with Crippen LogP contribution in [0.5, 0.6) is 0 Å². The summed E-state index contributed by atoms with van der Waals surface area (Å²) in [5, 5.41) is 5.96. The molecule has 1 N–H and O–H groups in total. The van der Waals surface area contributed by atoms with Crippen LogP contribution in [0.2, 0.25) is 0 Å². The van der Waals surface area contributed by atoms with Gasteiger partial charge in [0, 0.05) is 6.54 Å². The Hall–Kier alpha value is -2.13. The monoisotopic (exact) mass is 266 g/mol. The lowest BCUT2D eigenvalue weighted by molar-refractivity contribution is 0.449. The average molecular weight is 266 g/mol. The number of rotatable bonds is 4. The molecule has 0 saturated carbocycles. The van der Waals surface area contributed by atoms with E-state index in [1.807, 2.05) is 13.8 Å². The second-order valence-corrected chi connectivity index (χ2v) is 4.99. The quantitative estimate of drug-likeness (QED) is 0.782. The second-order valence-electron chi connectivity index (χ2n) is 4.99. The predicted octanol–water partition coefficient (Wildman–Crippen LogP) is 3.73. The smallest absolute Gasteiger partial charge is 0.208 e. The van der Waals surface area contributed by atoms with Gasteiger partial charge in [-0.1, -0.05) is 42.5 Å². The minimum absolute atomic E-state index is 0.651. The minimum atomic E-state index is 0.651. The number of benzene rings is 2. The fraction of sp³-hybridized carbons (Fsp3) is 0.235. The van der Waals surface area contributed by atoms with Gasteiger partial charge in [0.2, 0.25) is 5.89 Å². The summed E-state index contributed by atoms with van der Waals surface area (Å²) in [4.78, 5) is 4.37. The maximum absolute atomic E-state index is 5.57. The number of aryl methyl sites for hydroxylation is 2. The second kappa shape index (κ2) is 5.47. The van der Waals surface area contributed by atoms with Crippen LogP contribution in [-0.4, -0.2) is 4.98 Å². The zero-order valence-electron chi connectivity index (χ0n) is 11.8. The number of hydrogen-bond acceptors (Lipinski definition) is 3. The van der Waals surface area contributed by atoms with Crippen molar-refractivity contribution in [2.75, 3.05) is 0 Å². The van der Waals surface area contributed by atoms with Gasteiger partial charge < -0.3 is 9.73 Å². The Morgan fingerprint density at radius 2 is 1.80 bits per heavy atom. The summed E-state index contributed by atoms with van der Waals surface area (Å²) >= 11 is 0. The topological polar surface area (TPSA) is 38.1 Å². The normalized spacial score (nSPS) is 11.1.